The van der Waals surface area contributed by atoms with E-state index in [1.165, 1.54) is 52.0 Å². The smallest absolute Gasteiger partial charge is 0.346 e. The molecule has 0 saturated heterocycles. The summed E-state index contributed by atoms with van der Waals surface area (Å²) in [5, 5.41) is 9.72. The Hall–Kier alpha value is -5.70. The topological polar surface area (TPSA) is 158 Å². The lowest BCUT2D eigenvalue weighted by molar-refractivity contribution is -0.143. The number of hydrogen-bond acceptors (Lipinski definition) is 8. The highest BCUT2D eigenvalue weighted by Crippen LogP contribution is 2.72. The van der Waals surface area contributed by atoms with Gasteiger partial charge in [-0.05, 0) is 74.9 Å². The third-order valence-corrected chi connectivity index (χ3v) is 14.0. The number of aryl methyl sites for hydroxylation is 1. The molecule has 348 valence electrons. The van der Waals surface area contributed by atoms with Crippen molar-refractivity contribution in [2.24, 2.45) is 5.92 Å². The molecule has 0 unspecified atom stereocenters. The minimum absolute atomic E-state index is 0.115. The number of aromatic nitrogens is 5. The van der Waals surface area contributed by atoms with Gasteiger partial charge in [-0.25, -0.2) is 30.6 Å². The lowest BCUT2D eigenvalue weighted by atomic mass is 9.93. The maximum Gasteiger partial charge on any atom is 0.435 e. The van der Waals surface area contributed by atoms with Crippen molar-refractivity contribution in [3.8, 4) is 23.0 Å². The molecule has 1 fully saturated rings. The van der Waals surface area contributed by atoms with Crippen molar-refractivity contribution in [3.63, 3.8) is 0 Å². The fourth-order valence-corrected chi connectivity index (χ4v) is 8.85. The van der Waals surface area contributed by atoms with E-state index in [9.17, 15) is 56.8 Å². The molecule has 2 aliphatic rings. The fourth-order valence-electron chi connectivity index (χ4n) is 8.12. The van der Waals surface area contributed by atoms with Crippen LogP contribution in [0.2, 0.25) is 0 Å². The highest BCUT2D eigenvalue weighted by atomic mass is 32.2. The number of alkyl halides is 8. The Balaban J connectivity index is 1.46. The van der Waals surface area contributed by atoms with Crippen LogP contribution < -0.4 is 10.0 Å². The van der Waals surface area contributed by atoms with Gasteiger partial charge in [0.15, 0.2) is 21.3 Å². The predicted molar refractivity (Wildman–Crippen MR) is 216 cm³/mol. The Labute approximate surface area is 364 Å². The van der Waals surface area contributed by atoms with E-state index in [4.69, 9.17) is 0 Å². The van der Waals surface area contributed by atoms with Crippen LogP contribution in [0.5, 0.6) is 0 Å². The summed E-state index contributed by atoms with van der Waals surface area (Å²) in [6.07, 6.45) is -9.38. The van der Waals surface area contributed by atoms with E-state index in [0.29, 0.717) is 10.7 Å². The third kappa shape index (κ3) is 9.13. The highest BCUT2D eigenvalue weighted by Gasteiger charge is 2.75. The van der Waals surface area contributed by atoms with Crippen LogP contribution in [0.4, 0.5) is 49.7 Å². The highest BCUT2D eigenvalue weighted by molar-refractivity contribution is 7.92. The quantitative estimate of drug-likeness (QED) is 0.102. The molecule has 2 aliphatic carbocycles. The Bertz CT molecular complexity index is 3080. The van der Waals surface area contributed by atoms with E-state index in [1.807, 2.05) is 0 Å². The number of nitrogens with one attached hydrogen (secondary N) is 2. The molecule has 5 aromatic rings. The summed E-state index contributed by atoms with van der Waals surface area (Å²) in [5.74, 6) is -4.12. The summed E-state index contributed by atoms with van der Waals surface area (Å²) in [7, 11) is -8.00. The summed E-state index contributed by atoms with van der Waals surface area (Å²) >= 11 is 0. The van der Waals surface area contributed by atoms with Crippen LogP contribution in [0.1, 0.15) is 72.7 Å². The van der Waals surface area contributed by atoms with Crippen LogP contribution in [-0.2, 0) is 61.7 Å². The number of pyridine rings is 1. The van der Waals surface area contributed by atoms with Crippen molar-refractivity contribution >= 4 is 42.5 Å². The minimum atomic E-state index is -5.20. The molecule has 0 bridgehead atoms. The van der Waals surface area contributed by atoms with E-state index in [1.54, 1.807) is 0 Å². The van der Waals surface area contributed by atoms with Gasteiger partial charge < -0.3 is 5.32 Å². The molecule has 24 heteroatoms. The van der Waals surface area contributed by atoms with Crippen LogP contribution >= 0.6 is 0 Å². The Morgan fingerprint density at radius 3 is 2.15 bits per heavy atom. The van der Waals surface area contributed by atoms with Crippen LogP contribution in [-0.4, -0.2) is 70.7 Å². The number of sulfonamides is 1. The first-order chi connectivity index (χ1) is 29.7. The number of rotatable bonds is 11. The van der Waals surface area contributed by atoms with Gasteiger partial charge in [-0.2, -0.15) is 45.3 Å². The van der Waals surface area contributed by atoms with Crippen molar-refractivity contribution in [1.29, 1.82) is 0 Å². The second kappa shape index (κ2) is 15.5. The third-order valence-electron chi connectivity index (χ3n) is 11.4. The molecule has 3 atom stereocenters. The molecule has 7 rings (SSSR count). The first kappa shape index (κ1) is 47.3. The summed E-state index contributed by atoms with van der Waals surface area (Å²) in [6, 6.07) is 5.76. The molecular formula is C41H37F10N7O5S2. The van der Waals surface area contributed by atoms with E-state index < -0.39 is 120 Å². The Kier molecular flexibility index (Phi) is 11.2. The van der Waals surface area contributed by atoms with Gasteiger partial charge in [-0.1, -0.05) is 25.0 Å². The van der Waals surface area contributed by atoms with Crippen molar-refractivity contribution < 1.29 is 65.5 Å². The molecular weight excluding hydrogens is 925 g/mol. The molecule has 3 aromatic heterocycles. The van der Waals surface area contributed by atoms with Gasteiger partial charge in [0.05, 0.1) is 23.5 Å². The number of nitrogens with zero attached hydrogens (tertiary/aromatic N) is 5. The van der Waals surface area contributed by atoms with Gasteiger partial charge in [-0.15, -0.1) is 0 Å². The standard InChI is InChI=1S/C41H37F10N7O5S2/c1-20-7-9-26(33-30(20)36(56-65(6,62)63)55-58(33)19-39(44,45)46)25-10-8-24(11-12-37(2,3)64(5,60)61)52-32(25)27(15-21-13-22(42)16-23(43)14-21)53-29(59)18-57-35-31(34(54-57)41(49,50)51)38(4)17-28(38)40(35,47)48/h7-10,13-14,16,27-28H,15,17-19H2,1-6H3,(H,53,59)(H,55,56)/t27-,28+,38-/m0/s1. The Morgan fingerprint density at radius 2 is 1.57 bits per heavy atom. The van der Waals surface area contributed by atoms with E-state index in [2.05, 4.69) is 37.1 Å². The van der Waals surface area contributed by atoms with E-state index >= 15 is 8.78 Å². The van der Waals surface area contributed by atoms with Crippen LogP contribution in [0.3, 0.4) is 0 Å². The Morgan fingerprint density at radius 1 is 0.938 bits per heavy atom. The molecule has 1 amide bonds. The van der Waals surface area contributed by atoms with Gasteiger partial charge >= 0.3 is 12.4 Å². The number of anilines is 1. The summed E-state index contributed by atoms with van der Waals surface area (Å²) < 4.78 is 197. The van der Waals surface area contributed by atoms with Crippen molar-refractivity contribution in [3.05, 3.63) is 93.6 Å². The van der Waals surface area contributed by atoms with E-state index in [0.717, 1.165) is 24.6 Å². The first-order valence-corrected chi connectivity index (χ1v) is 23.1. The van der Waals surface area contributed by atoms with Crippen LogP contribution in [0.25, 0.3) is 22.0 Å². The molecule has 0 radical (unpaired) electrons. The monoisotopic (exact) mass is 961 g/mol. The number of benzene rings is 2. The summed E-state index contributed by atoms with van der Waals surface area (Å²) in [5.41, 5.74) is -6.16. The summed E-state index contributed by atoms with van der Waals surface area (Å²) in [4.78, 5) is 18.6. The second-order valence-electron chi connectivity index (χ2n) is 16.9. The lowest BCUT2D eigenvalue weighted by Crippen LogP contribution is -2.35. The molecule has 1 saturated carbocycles. The molecule has 12 nitrogen and oxygen atoms in total. The zero-order chi connectivity index (χ0) is 48.2. The van der Waals surface area contributed by atoms with Gasteiger partial charge in [0.25, 0.3) is 5.92 Å². The predicted octanol–water partition coefficient (Wildman–Crippen LogP) is 7.49. The molecule has 0 spiro atoms. The first-order valence-electron chi connectivity index (χ1n) is 19.3. The average Bonchev–Trinajstić information content (AvgIpc) is 3.42. The van der Waals surface area contributed by atoms with Gasteiger partial charge in [0.1, 0.15) is 40.9 Å². The number of halogens is 10. The van der Waals surface area contributed by atoms with E-state index in [-0.39, 0.29) is 55.6 Å². The van der Waals surface area contributed by atoms with Crippen LogP contribution in [0, 0.1) is 36.3 Å². The van der Waals surface area contributed by atoms with Gasteiger partial charge in [0, 0.05) is 45.7 Å². The number of carbonyl (C=O) groups excluding carboxylic acids is 1. The average molecular weight is 962 g/mol. The maximum atomic E-state index is 15.7. The lowest BCUT2D eigenvalue weighted by Gasteiger charge is -2.23. The number of carbonyl (C=O) groups is 1. The maximum absolute atomic E-state index is 15.7. The van der Waals surface area contributed by atoms with Gasteiger partial charge in [-0.3, -0.25) is 18.9 Å². The zero-order valence-electron chi connectivity index (χ0n) is 34.9. The van der Waals surface area contributed by atoms with Crippen LogP contribution in [0.15, 0.2) is 42.5 Å². The number of sulfone groups is 1. The zero-order valence-corrected chi connectivity index (χ0v) is 36.5. The van der Waals surface area contributed by atoms with Crippen molar-refractivity contribution in [2.75, 3.05) is 17.2 Å². The number of amides is 1. The normalized spacial score (nSPS) is 18.7. The minimum Gasteiger partial charge on any atom is -0.346 e. The van der Waals surface area contributed by atoms with Crippen molar-refractivity contribution in [1.82, 2.24) is 29.9 Å². The van der Waals surface area contributed by atoms with Crippen molar-refractivity contribution in [2.45, 2.75) is 88.1 Å². The largest absolute Gasteiger partial charge is 0.435 e. The molecule has 2 N–H and O–H groups in total. The SMILES string of the molecule is Cc1ccc(-c2ccc(C#CC(C)(C)S(C)(=O)=O)nc2[C@H](Cc2cc(F)cc(F)c2)NC(=O)Cn2nc(C(F)(F)F)c3c2C(F)(F)[C@@H]2C[C@]32C)c2c1c(NS(C)(=O)=O)nn2CC(F)(F)F. The number of fused-ring (bicyclic) bond motifs is 4. The molecule has 2 aromatic carbocycles. The molecule has 0 aliphatic heterocycles. The number of hydrogen-bond donors (Lipinski definition) is 2. The molecule has 65 heavy (non-hydrogen) atoms. The summed E-state index contributed by atoms with van der Waals surface area (Å²) in [6.45, 7) is 2.22. The second-order valence-corrected chi connectivity index (χ2v) is 21.3. The van der Waals surface area contributed by atoms with Gasteiger partial charge in [0.2, 0.25) is 15.9 Å². The fraction of sp³-hybridized carbons (Fsp3) is 0.415. The molecule has 3 heterocycles.